The third-order valence-corrected chi connectivity index (χ3v) is 7.40. The Labute approximate surface area is 237 Å². The van der Waals surface area contributed by atoms with Gasteiger partial charge in [-0.1, -0.05) is 26.7 Å². The van der Waals surface area contributed by atoms with E-state index in [2.05, 4.69) is 19.2 Å². The fourth-order valence-corrected chi connectivity index (χ4v) is 4.89. The monoisotopic (exact) mass is 568 g/mol. The number of piperidine rings is 1. The van der Waals surface area contributed by atoms with Crippen molar-refractivity contribution in [3.8, 4) is 23.0 Å². The number of carbonyl (C=O) groups excluding carboxylic acids is 1. The molecule has 1 aliphatic heterocycles. The molecule has 3 aromatic rings. The van der Waals surface area contributed by atoms with Crippen LogP contribution in [0.25, 0.3) is 0 Å². The molecule has 0 aromatic heterocycles. The topological polar surface area (TPSA) is 108 Å². The molecule has 0 atom stereocenters. The smallest absolute Gasteiger partial charge is 0.335 e. The lowest BCUT2D eigenvalue weighted by molar-refractivity contribution is -0.0309. The van der Waals surface area contributed by atoms with Crippen molar-refractivity contribution in [2.75, 3.05) is 18.4 Å². The van der Waals surface area contributed by atoms with E-state index in [0.29, 0.717) is 49.7 Å². The van der Waals surface area contributed by atoms with Crippen LogP contribution in [0.4, 0.5) is 19.3 Å². The van der Waals surface area contributed by atoms with Gasteiger partial charge in [-0.3, -0.25) is 0 Å². The van der Waals surface area contributed by atoms with Crippen LogP contribution in [0.3, 0.4) is 0 Å². The van der Waals surface area contributed by atoms with Crippen molar-refractivity contribution in [1.82, 2.24) is 4.90 Å². The second-order valence-electron chi connectivity index (χ2n) is 10.3. The van der Waals surface area contributed by atoms with Crippen LogP contribution in [0.15, 0.2) is 60.7 Å². The van der Waals surface area contributed by atoms with Crippen molar-refractivity contribution in [2.45, 2.75) is 51.6 Å². The number of benzene rings is 3. The number of rotatable bonds is 10. The number of ether oxygens (including phenoxy) is 2. The van der Waals surface area contributed by atoms with Gasteiger partial charge in [-0.05, 0) is 61.6 Å². The van der Waals surface area contributed by atoms with Crippen LogP contribution in [0.1, 0.15) is 56.3 Å². The molecule has 0 unspecified atom stereocenters. The molecule has 0 aliphatic carbocycles. The van der Waals surface area contributed by atoms with Crippen molar-refractivity contribution >= 4 is 17.7 Å². The standard InChI is InChI=1S/C31H34F2N2O6/c1-3-20(4-2)19-31(39)11-13-35(14-12-31)30(38)34-22-15-25(40-23-7-5-21(6-8-23)29(36)37)17-26(16-22)41-24-9-10-27(32)28(33)18-24/h5-10,15-18,20,39H,3-4,11-14,19H2,1-2H3,(H,34,38)(H,36,37). The van der Waals surface area contributed by atoms with Crippen LogP contribution in [0.5, 0.6) is 23.0 Å². The van der Waals surface area contributed by atoms with E-state index in [-0.39, 0.29) is 28.8 Å². The molecule has 2 amide bonds. The number of halogens is 2. The molecule has 41 heavy (non-hydrogen) atoms. The number of hydrogen-bond donors (Lipinski definition) is 3. The minimum atomic E-state index is -1.07. The summed E-state index contributed by atoms with van der Waals surface area (Å²) in [6.45, 7) is 5.03. The van der Waals surface area contributed by atoms with Gasteiger partial charge in [0.15, 0.2) is 11.6 Å². The van der Waals surface area contributed by atoms with E-state index in [0.717, 1.165) is 25.0 Å². The fraction of sp³-hybridized carbons (Fsp3) is 0.355. The number of nitrogens with zero attached hydrogens (tertiary/aromatic N) is 1. The van der Waals surface area contributed by atoms with E-state index in [4.69, 9.17) is 14.6 Å². The number of aromatic carboxylic acids is 1. The summed E-state index contributed by atoms with van der Waals surface area (Å²) >= 11 is 0. The Kier molecular flexibility index (Phi) is 9.44. The lowest BCUT2D eigenvalue weighted by Crippen LogP contribution is -2.48. The van der Waals surface area contributed by atoms with E-state index >= 15 is 0 Å². The molecule has 1 heterocycles. The number of anilines is 1. The highest BCUT2D eigenvalue weighted by Gasteiger charge is 2.35. The molecular formula is C31H34F2N2O6. The zero-order chi connectivity index (χ0) is 29.6. The first-order chi connectivity index (χ1) is 19.6. The summed E-state index contributed by atoms with van der Waals surface area (Å²) in [5.41, 5.74) is -0.373. The van der Waals surface area contributed by atoms with Crippen LogP contribution in [0.2, 0.25) is 0 Å². The maximum atomic E-state index is 13.8. The molecule has 10 heteroatoms. The molecule has 3 N–H and O–H groups in total. The molecule has 218 valence electrons. The van der Waals surface area contributed by atoms with Gasteiger partial charge in [-0.25, -0.2) is 18.4 Å². The second kappa shape index (κ2) is 13.0. The first kappa shape index (κ1) is 29.8. The number of aliphatic hydroxyl groups is 1. The Morgan fingerprint density at radius 1 is 0.878 bits per heavy atom. The van der Waals surface area contributed by atoms with Crippen molar-refractivity contribution in [3.05, 3.63) is 77.9 Å². The highest BCUT2D eigenvalue weighted by Crippen LogP contribution is 2.34. The molecule has 1 saturated heterocycles. The highest BCUT2D eigenvalue weighted by molar-refractivity contribution is 5.90. The molecule has 8 nitrogen and oxygen atoms in total. The van der Waals surface area contributed by atoms with Gasteiger partial charge in [0.25, 0.3) is 0 Å². The molecule has 0 saturated carbocycles. The summed E-state index contributed by atoms with van der Waals surface area (Å²) in [6, 6.07) is 13.1. The molecule has 1 aliphatic rings. The van der Waals surface area contributed by atoms with Gasteiger partial charge < -0.3 is 29.9 Å². The van der Waals surface area contributed by atoms with E-state index in [1.165, 1.54) is 42.5 Å². The van der Waals surface area contributed by atoms with Crippen LogP contribution in [-0.4, -0.2) is 45.8 Å². The Hall–Kier alpha value is -4.18. The van der Waals surface area contributed by atoms with Crippen LogP contribution >= 0.6 is 0 Å². The molecule has 3 aromatic carbocycles. The van der Waals surface area contributed by atoms with Crippen LogP contribution < -0.4 is 14.8 Å². The van der Waals surface area contributed by atoms with Gasteiger partial charge in [-0.15, -0.1) is 0 Å². The van der Waals surface area contributed by atoms with Crippen LogP contribution in [-0.2, 0) is 0 Å². The zero-order valence-corrected chi connectivity index (χ0v) is 23.0. The summed E-state index contributed by atoms with van der Waals surface area (Å²) in [5.74, 6) is -1.91. The second-order valence-corrected chi connectivity index (χ2v) is 10.3. The van der Waals surface area contributed by atoms with E-state index in [9.17, 15) is 23.5 Å². The van der Waals surface area contributed by atoms with Crippen molar-refractivity contribution in [2.24, 2.45) is 5.92 Å². The number of urea groups is 1. The molecule has 4 rings (SSSR count). The minimum Gasteiger partial charge on any atom is -0.478 e. The molecule has 1 fully saturated rings. The fourth-order valence-electron chi connectivity index (χ4n) is 4.89. The number of hydrogen-bond acceptors (Lipinski definition) is 5. The summed E-state index contributed by atoms with van der Waals surface area (Å²) in [7, 11) is 0. The maximum Gasteiger partial charge on any atom is 0.335 e. The quantitative estimate of drug-likeness (QED) is 0.235. The Morgan fingerprint density at radius 2 is 1.46 bits per heavy atom. The van der Waals surface area contributed by atoms with Gasteiger partial charge in [0.05, 0.1) is 11.2 Å². The lowest BCUT2D eigenvalue weighted by atomic mass is 9.81. The largest absolute Gasteiger partial charge is 0.478 e. The summed E-state index contributed by atoms with van der Waals surface area (Å²) in [5, 5.41) is 23.0. The van der Waals surface area contributed by atoms with Gasteiger partial charge >= 0.3 is 12.0 Å². The summed E-state index contributed by atoms with van der Waals surface area (Å²) in [6.07, 6.45) is 3.68. The van der Waals surface area contributed by atoms with Crippen LogP contribution in [0, 0.1) is 17.6 Å². The molecular weight excluding hydrogens is 534 g/mol. The number of carboxylic acids is 1. The number of carboxylic acid groups (broad SMARTS) is 1. The zero-order valence-electron chi connectivity index (χ0n) is 23.0. The third-order valence-electron chi connectivity index (χ3n) is 7.40. The number of amides is 2. The maximum absolute atomic E-state index is 13.8. The number of nitrogens with one attached hydrogen (secondary N) is 1. The average molecular weight is 569 g/mol. The Morgan fingerprint density at radius 3 is 2.02 bits per heavy atom. The van der Waals surface area contributed by atoms with E-state index in [1.807, 2.05) is 0 Å². The van der Waals surface area contributed by atoms with Crippen molar-refractivity contribution in [1.29, 1.82) is 0 Å². The molecule has 0 bridgehead atoms. The molecule has 0 radical (unpaired) electrons. The van der Waals surface area contributed by atoms with E-state index < -0.39 is 23.2 Å². The van der Waals surface area contributed by atoms with Gasteiger partial charge in [0, 0.05) is 43.0 Å². The number of likely N-dealkylation sites (tertiary alicyclic amines) is 1. The normalized spacial score (nSPS) is 14.5. The van der Waals surface area contributed by atoms with Crippen molar-refractivity contribution < 1.29 is 38.1 Å². The first-order valence-electron chi connectivity index (χ1n) is 13.6. The Balaban J connectivity index is 1.51. The number of carbonyl (C=O) groups is 2. The predicted molar refractivity (Wildman–Crippen MR) is 150 cm³/mol. The van der Waals surface area contributed by atoms with Crippen molar-refractivity contribution in [3.63, 3.8) is 0 Å². The minimum absolute atomic E-state index is 0.0388. The Bertz CT molecular complexity index is 1370. The third kappa shape index (κ3) is 7.94. The lowest BCUT2D eigenvalue weighted by Gasteiger charge is -2.39. The summed E-state index contributed by atoms with van der Waals surface area (Å²) in [4.78, 5) is 25.9. The molecule has 0 spiro atoms. The van der Waals surface area contributed by atoms with E-state index in [1.54, 1.807) is 11.0 Å². The van der Waals surface area contributed by atoms with Gasteiger partial charge in [-0.2, -0.15) is 0 Å². The highest BCUT2D eigenvalue weighted by atomic mass is 19.2. The van der Waals surface area contributed by atoms with Gasteiger partial charge in [0.1, 0.15) is 23.0 Å². The first-order valence-corrected chi connectivity index (χ1v) is 13.6. The van der Waals surface area contributed by atoms with Gasteiger partial charge in [0.2, 0.25) is 0 Å². The average Bonchev–Trinajstić information content (AvgIpc) is 2.94. The SMILES string of the molecule is CCC(CC)CC1(O)CCN(C(=O)Nc2cc(Oc3ccc(C(=O)O)cc3)cc(Oc3ccc(F)c(F)c3)c2)CC1. The predicted octanol–water partition coefficient (Wildman–Crippen LogP) is 7.43. The summed E-state index contributed by atoms with van der Waals surface area (Å²) < 4.78 is 38.8.